The van der Waals surface area contributed by atoms with Crippen molar-refractivity contribution in [2.24, 2.45) is 5.92 Å². The molecule has 0 bridgehead atoms. The van der Waals surface area contributed by atoms with Crippen molar-refractivity contribution in [3.63, 3.8) is 0 Å². The molecule has 2 amide bonds. The molecule has 1 unspecified atom stereocenters. The number of hydrogen-bond acceptors (Lipinski definition) is 5. The topological polar surface area (TPSA) is 87.9 Å². The number of carbonyl (C=O) groups is 2. The van der Waals surface area contributed by atoms with Gasteiger partial charge >= 0.3 is 0 Å². The van der Waals surface area contributed by atoms with E-state index in [-0.39, 0.29) is 35.3 Å². The highest BCUT2D eigenvalue weighted by Gasteiger charge is 2.38. The summed E-state index contributed by atoms with van der Waals surface area (Å²) in [4.78, 5) is 29.1. The molecule has 8 heteroatoms. The molecular weight excluding hydrogens is 368 g/mol. The van der Waals surface area contributed by atoms with Gasteiger partial charge in [-0.15, -0.1) is 0 Å². The molecule has 3 rings (SSSR count). The summed E-state index contributed by atoms with van der Waals surface area (Å²) in [7, 11) is -3.03. The van der Waals surface area contributed by atoms with Crippen molar-refractivity contribution in [1.29, 1.82) is 0 Å². The highest BCUT2D eigenvalue weighted by atomic mass is 32.2. The molecule has 150 valence electrons. The lowest BCUT2D eigenvalue weighted by Crippen LogP contribution is -2.48. The van der Waals surface area contributed by atoms with Gasteiger partial charge in [0.15, 0.2) is 9.84 Å². The van der Waals surface area contributed by atoms with Crippen molar-refractivity contribution in [2.75, 3.05) is 31.1 Å². The van der Waals surface area contributed by atoms with E-state index in [2.05, 4.69) is 6.92 Å². The molecule has 1 aromatic rings. The van der Waals surface area contributed by atoms with Gasteiger partial charge in [0.25, 0.3) is 5.91 Å². The fourth-order valence-electron chi connectivity index (χ4n) is 3.96. The molecule has 1 aromatic heterocycles. The normalized spacial score (nSPS) is 22.7. The van der Waals surface area contributed by atoms with Crippen molar-refractivity contribution >= 4 is 21.7 Å². The van der Waals surface area contributed by atoms with E-state index in [9.17, 15) is 18.0 Å². The fourth-order valence-corrected chi connectivity index (χ4v) is 5.69. The summed E-state index contributed by atoms with van der Waals surface area (Å²) >= 11 is 0. The van der Waals surface area contributed by atoms with Crippen LogP contribution in [0.1, 0.15) is 49.4 Å². The maximum absolute atomic E-state index is 13.1. The van der Waals surface area contributed by atoms with Crippen LogP contribution in [0.2, 0.25) is 0 Å². The van der Waals surface area contributed by atoms with Crippen molar-refractivity contribution in [3.8, 4) is 0 Å². The van der Waals surface area contributed by atoms with Crippen molar-refractivity contribution in [2.45, 2.75) is 45.1 Å². The number of carbonyl (C=O) groups excluding carboxylic acids is 2. The van der Waals surface area contributed by atoms with Gasteiger partial charge in [-0.05, 0) is 31.7 Å². The van der Waals surface area contributed by atoms with Gasteiger partial charge in [-0.3, -0.25) is 9.59 Å². The van der Waals surface area contributed by atoms with Gasteiger partial charge < -0.3 is 14.2 Å². The number of nitrogens with zero attached hydrogens (tertiary/aromatic N) is 2. The minimum absolute atomic E-state index is 0.0564. The maximum Gasteiger partial charge on any atom is 0.257 e. The van der Waals surface area contributed by atoms with Gasteiger partial charge in [0.2, 0.25) is 5.91 Å². The molecule has 0 aliphatic carbocycles. The second-order valence-corrected chi connectivity index (χ2v) is 9.75. The van der Waals surface area contributed by atoms with Gasteiger partial charge in [0.05, 0.1) is 23.3 Å². The van der Waals surface area contributed by atoms with E-state index in [1.165, 1.54) is 12.5 Å². The minimum atomic E-state index is -3.03. The molecule has 0 aromatic carbocycles. The number of sulfone groups is 1. The fraction of sp³-hybridized carbons (Fsp3) is 0.684. The predicted octanol–water partition coefficient (Wildman–Crippen LogP) is 1.95. The standard InChI is InChI=1S/C19H28N2O5S/c1-2-3-8-21(17-7-12-27(24,25)14-17)19(23)15-4-9-20(10-5-15)18(22)16-6-11-26-13-16/h6,11,13,15,17H,2-5,7-10,12,14H2,1H3. The Bertz CT molecular complexity index is 751. The Kier molecular flexibility index (Phi) is 6.24. The summed E-state index contributed by atoms with van der Waals surface area (Å²) in [6, 6.07) is 1.45. The number of unbranched alkanes of at least 4 members (excludes halogenated alkanes) is 1. The first-order valence-corrected chi connectivity index (χ1v) is 11.6. The summed E-state index contributed by atoms with van der Waals surface area (Å²) in [5.74, 6) is 0.102. The summed E-state index contributed by atoms with van der Waals surface area (Å²) in [5, 5.41) is 0. The van der Waals surface area contributed by atoms with Crippen LogP contribution in [0.25, 0.3) is 0 Å². The van der Waals surface area contributed by atoms with Crippen LogP contribution < -0.4 is 0 Å². The molecule has 1 atom stereocenters. The molecule has 2 fully saturated rings. The third-order valence-electron chi connectivity index (χ3n) is 5.58. The highest BCUT2D eigenvalue weighted by Crippen LogP contribution is 2.26. The van der Waals surface area contributed by atoms with Gasteiger partial charge in [0.1, 0.15) is 6.26 Å². The smallest absolute Gasteiger partial charge is 0.257 e. The molecule has 3 heterocycles. The zero-order valence-corrected chi connectivity index (χ0v) is 16.6. The van der Waals surface area contributed by atoms with E-state index < -0.39 is 9.84 Å². The third-order valence-corrected chi connectivity index (χ3v) is 7.33. The molecule has 7 nitrogen and oxygen atoms in total. The van der Waals surface area contributed by atoms with E-state index in [0.717, 1.165) is 12.8 Å². The molecule has 0 radical (unpaired) electrons. The quantitative estimate of drug-likeness (QED) is 0.733. The van der Waals surface area contributed by atoms with Crippen LogP contribution in [0.5, 0.6) is 0 Å². The second kappa shape index (κ2) is 8.46. The lowest BCUT2D eigenvalue weighted by atomic mass is 9.94. The molecule has 0 spiro atoms. The van der Waals surface area contributed by atoms with E-state index >= 15 is 0 Å². The Morgan fingerprint density at radius 2 is 2.00 bits per heavy atom. The Morgan fingerprint density at radius 3 is 2.56 bits per heavy atom. The number of furan rings is 1. The SMILES string of the molecule is CCCCN(C(=O)C1CCN(C(=O)c2ccoc2)CC1)C1CCS(=O)(=O)C1. The first-order chi connectivity index (χ1) is 12.9. The van der Waals surface area contributed by atoms with E-state index in [1.54, 1.807) is 11.0 Å². The number of amides is 2. The third kappa shape index (κ3) is 4.72. The molecule has 2 aliphatic heterocycles. The molecule has 2 aliphatic rings. The first kappa shape index (κ1) is 19.9. The number of piperidine rings is 1. The van der Waals surface area contributed by atoms with Crippen molar-refractivity contribution < 1.29 is 22.4 Å². The summed E-state index contributed by atoms with van der Waals surface area (Å²) in [5.41, 5.74) is 0.528. The molecule has 2 saturated heterocycles. The van der Waals surface area contributed by atoms with Crippen LogP contribution in [-0.4, -0.2) is 67.2 Å². The lowest BCUT2D eigenvalue weighted by molar-refractivity contribution is -0.139. The number of likely N-dealkylation sites (tertiary alicyclic amines) is 1. The Morgan fingerprint density at radius 1 is 1.26 bits per heavy atom. The van der Waals surface area contributed by atoms with Crippen LogP contribution in [0.3, 0.4) is 0 Å². The Labute approximate surface area is 160 Å². The van der Waals surface area contributed by atoms with Gasteiger partial charge in [-0.1, -0.05) is 13.3 Å². The zero-order valence-electron chi connectivity index (χ0n) is 15.8. The van der Waals surface area contributed by atoms with Gasteiger partial charge in [0, 0.05) is 31.6 Å². The number of rotatable bonds is 6. The molecule has 27 heavy (non-hydrogen) atoms. The van der Waals surface area contributed by atoms with Gasteiger partial charge in [-0.25, -0.2) is 8.42 Å². The summed E-state index contributed by atoms with van der Waals surface area (Å²) in [6.45, 7) is 3.74. The largest absolute Gasteiger partial charge is 0.472 e. The monoisotopic (exact) mass is 396 g/mol. The predicted molar refractivity (Wildman–Crippen MR) is 101 cm³/mol. The van der Waals surface area contributed by atoms with E-state index in [1.807, 2.05) is 4.90 Å². The van der Waals surface area contributed by atoms with Crippen LogP contribution in [0.4, 0.5) is 0 Å². The van der Waals surface area contributed by atoms with Crippen LogP contribution in [0.15, 0.2) is 23.0 Å². The van der Waals surface area contributed by atoms with Crippen molar-refractivity contribution in [1.82, 2.24) is 9.80 Å². The van der Waals surface area contributed by atoms with Crippen LogP contribution in [-0.2, 0) is 14.6 Å². The van der Waals surface area contributed by atoms with E-state index in [0.29, 0.717) is 44.5 Å². The van der Waals surface area contributed by atoms with Crippen LogP contribution in [0, 0.1) is 5.92 Å². The maximum atomic E-state index is 13.1. The minimum Gasteiger partial charge on any atom is -0.472 e. The first-order valence-electron chi connectivity index (χ1n) is 9.73. The van der Waals surface area contributed by atoms with Gasteiger partial charge in [-0.2, -0.15) is 0 Å². The van der Waals surface area contributed by atoms with Crippen LogP contribution >= 0.6 is 0 Å². The summed E-state index contributed by atoms with van der Waals surface area (Å²) in [6.07, 6.45) is 6.52. The van der Waals surface area contributed by atoms with E-state index in [4.69, 9.17) is 4.42 Å². The number of hydrogen-bond donors (Lipinski definition) is 0. The molecular formula is C19H28N2O5S. The highest BCUT2D eigenvalue weighted by molar-refractivity contribution is 7.91. The average Bonchev–Trinajstić information content (AvgIpc) is 3.31. The molecule has 0 N–H and O–H groups in total. The Hall–Kier alpha value is -1.83. The Balaban J connectivity index is 1.61. The average molecular weight is 397 g/mol. The zero-order chi connectivity index (χ0) is 19.4. The van der Waals surface area contributed by atoms with Crippen molar-refractivity contribution in [3.05, 3.63) is 24.2 Å². The summed E-state index contributed by atoms with van der Waals surface area (Å²) < 4.78 is 28.7. The lowest BCUT2D eigenvalue weighted by Gasteiger charge is -2.36. The molecule has 0 saturated carbocycles. The second-order valence-electron chi connectivity index (χ2n) is 7.52.